The van der Waals surface area contributed by atoms with Crippen molar-refractivity contribution < 1.29 is 4.79 Å². The van der Waals surface area contributed by atoms with Gasteiger partial charge in [0, 0.05) is 6.04 Å². The lowest BCUT2D eigenvalue weighted by Gasteiger charge is -2.12. The average Bonchev–Trinajstić information content (AvgIpc) is 1.98. The van der Waals surface area contributed by atoms with Gasteiger partial charge in [-0.25, -0.2) is 0 Å². The first-order valence-electron chi connectivity index (χ1n) is 3.69. The minimum atomic E-state index is 0.338. The van der Waals surface area contributed by atoms with Crippen LogP contribution in [0.5, 0.6) is 0 Å². The molecular formula is C7H16N2O. The maximum Gasteiger partial charge on any atom is 0.207 e. The van der Waals surface area contributed by atoms with Crippen LogP contribution in [0.3, 0.4) is 0 Å². The number of carbonyl (C=O) groups excluding carboxylic acids is 1. The zero-order chi connectivity index (χ0) is 7.82. The van der Waals surface area contributed by atoms with E-state index in [0.29, 0.717) is 6.04 Å². The van der Waals surface area contributed by atoms with E-state index in [0.717, 1.165) is 25.8 Å². The minimum absolute atomic E-state index is 0.338. The summed E-state index contributed by atoms with van der Waals surface area (Å²) in [7, 11) is 1.91. The molecule has 0 heterocycles. The lowest BCUT2D eigenvalue weighted by atomic mass is 10.1. The molecule has 0 aromatic rings. The molecular weight excluding hydrogens is 128 g/mol. The van der Waals surface area contributed by atoms with Crippen LogP contribution in [0, 0.1) is 0 Å². The standard InChI is InChI=1S/C7H16N2O/c1-3-7(9-6-10)4-5-8-2/h6-8H,3-5H2,1-2H3,(H,9,10). The SMILES string of the molecule is CCC(CCNC)NC=O. The third kappa shape index (κ3) is 4.32. The van der Waals surface area contributed by atoms with E-state index in [-0.39, 0.29) is 0 Å². The van der Waals surface area contributed by atoms with Gasteiger partial charge in [0.15, 0.2) is 0 Å². The molecule has 3 nitrogen and oxygen atoms in total. The average molecular weight is 144 g/mol. The van der Waals surface area contributed by atoms with Crippen molar-refractivity contribution in [3.05, 3.63) is 0 Å². The maximum atomic E-state index is 10.0. The molecule has 0 saturated heterocycles. The van der Waals surface area contributed by atoms with E-state index in [1.165, 1.54) is 0 Å². The molecule has 1 unspecified atom stereocenters. The summed E-state index contributed by atoms with van der Waals surface area (Å²) in [6.45, 7) is 3.02. The van der Waals surface area contributed by atoms with E-state index in [1.54, 1.807) is 0 Å². The topological polar surface area (TPSA) is 41.1 Å². The van der Waals surface area contributed by atoms with Gasteiger partial charge in [-0.3, -0.25) is 4.79 Å². The highest BCUT2D eigenvalue weighted by molar-refractivity contribution is 5.46. The summed E-state index contributed by atoms with van der Waals surface area (Å²) in [4.78, 5) is 10.0. The molecule has 0 aliphatic rings. The molecule has 60 valence electrons. The molecule has 0 radical (unpaired) electrons. The summed E-state index contributed by atoms with van der Waals surface area (Å²) in [5.41, 5.74) is 0. The number of carbonyl (C=O) groups is 1. The highest BCUT2D eigenvalue weighted by Gasteiger charge is 2.01. The third-order valence-electron chi connectivity index (χ3n) is 1.54. The predicted molar refractivity (Wildman–Crippen MR) is 41.8 cm³/mol. The van der Waals surface area contributed by atoms with E-state index in [1.807, 2.05) is 7.05 Å². The molecule has 0 spiro atoms. The number of nitrogens with one attached hydrogen (secondary N) is 2. The molecule has 1 atom stereocenters. The number of hydrogen-bond donors (Lipinski definition) is 2. The summed E-state index contributed by atoms with van der Waals surface area (Å²) in [6.07, 6.45) is 2.77. The molecule has 0 aromatic heterocycles. The highest BCUT2D eigenvalue weighted by Crippen LogP contribution is 1.93. The Morgan fingerprint density at radius 3 is 2.70 bits per heavy atom. The van der Waals surface area contributed by atoms with Crippen LogP contribution in [0.15, 0.2) is 0 Å². The molecule has 0 aliphatic carbocycles. The van der Waals surface area contributed by atoms with Gasteiger partial charge in [0.25, 0.3) is 0 Å². The Morgan fingerprint density at radius 2 is 2.30 bits per heavy atom. The lowest BCUT2D eigenvalue weighted by Crippen LogP contribution is -2.30. The van der Waals surface area contributed by atoms with Crippen molar-refractivity contribution in [3.8, 4) is 0 Å². The molecule has 3 heteroatoms. The molecule has 0 bridgehead atoms. The summed E-state index contributed by atoms with van der Waals surface area (Å²) >= 11 is 0. The molecule has 1 amide bonds. The van der Waals surface area contributed by atoms with Gasteiger partial charge in [0.05, 0.1) is 0 Å². The first-order valence-corrected chi connectivity index (χ1v) is 3.69. The van der Waals surface area contributed by atoms with Crippen LogP contribution in [-0.4, -0.2) is 26.0 Å². The fraction of sp³-hybridized carbons (Fsp3) is 0.857. The maximum absolute atomic E-state index is 10.0. The van der Waals surface area contributed by atoms with Crippen molar-refractivity contribution in [2.75, 3.05) is 13.6 Å². The van der Waals surface area contributed by atoms with Crippen LogP contribution < -0.4 is 10.6 Å². The summed E-state index contributed by atoms with van der Waals surface area (Å²) in [5.74, 6) is 0. The largest absolute Gasteiger partial charge is 0.356 e. The third-order valence-corrected chi connectivity index (χ3v) is 1.54. The minimum Gasteiger partial charge on any atom is -0.356 e. The first-order chi connectivity index (χ1) is 4.85. The normalized spacial score (nSPS) is 12.6. The zero-order valence-corrected chi connectivity index (χ0v) is 6.68. The lowest BCUT2D eigenvalue weighted by molar-refractivity contribution is -0.110. The fourth-order valence-electron chi connectivity index (χ4n) is 0.820. The zero-order valence-electron chi connectivity index (χ0n) is 6.68. The van der Waals surface area contributed by atoms with Gasteiger partial charge in [0.1, 0.15) is 0 Å². The molecule has 0 saturated carbocycles. The predicted octanol–water partition coefficient (Wildman–Crippen LogP) is 0.120. The Kier molecular flexibility index (Phi) is 6.18. The summed E-state index contributed by atoms with van der Waals surface area (Å²) in [6, 6.07) is 0.338. The van der Waals surface area contributed by atoms with Crippen molar-refractivity contribution >= 4 is 6.41 Å². The van der Waals surface area contributed by atoms with Crippen LogP contribution in [0.25, 0.3) is 0 Å². The van der Waals surface area contributed by atoms with Crippen molar-refractivity contribution in [2.45, 2.75) is 25.8 Å². The van der Waals surface area contributed by atoms with E-state index >= 15 is 0 Å². The van der Waals surface area contributed by atoms with Crippen molar-refractivity contribution in [2.24, 2.45) is 0 Å². The highest BCUT2D eigenvalue weighted by atomic mass is 16.1. The summed E-state index contributed by atoms with van der Waals surface area (Å²) in [5, 5.41) is 5.78. The molecule has 0 rings (SSSR count). The summed E-state index contributed by atoms with van der Waals surface area (Å²) < 4.78 is 0. The Bertz CT molecular complexity index is 85.7. The van der Waals surface area contributed by atoms with Crippen molar-refractivity contribution in [3.63, 3.8) is 0 Å². The molecule has 0 fully saturated rings. The number of rotatable bonds is 6. The van der Waals surface area contributed by atoms with E-state index in [4.69, 9.17) is 0 Å². The number of amides is 1. The van der Waals surface area contributed by atoms with E-state index < -0.39 is 0 Å². The van der Waals surface area contributed by atoms with Crippen LogP contribution >= 0.6 is 0 Å². The number of hydrogen-bond acceptors (Lipinski definition) is 2. The van der Waals surface area contributed by atoms with Gasteiger partial charge in [0.2, 0.25) is 6.41 Å². The molecule has 0 aliphatic heterocycles. The van der Waals surface area contributed by atoms with Gasteiger partial charge in [-0.1, -0.05) is 6.92 Å². The Morgan fingerprint density at radius 1 is 1.60 bits per heavy atom. The van der Waals surface area contributed by atoms with Gasteiger partial charge in [-0.05, 0) is 26.4 Å². The monoisotopic (exact) mass is 144 g/mol. The second kappa shape index (κ2) is 6.55. The first kappa shape index (κ1) is 9.43. The fourth-order valence-corrected chi connectivity index (χ4v) is 0.820. The van der Waals surface area contributed by atoms with Gasteiger partial charge in [-0.2, -0.15) is 0 Å². The molecule has 2 N–H and O–H groups in total. The Balaban J connectivity index is 3.29. The van der Waals surface area contributed by atoms with E-state index in [9.17, 15) is 4.79 Å². The second-order valence-electron chi connectivity index (χ2n) is 2.28. The van der Waals surface area contributed by atoms with Crippen molar-refractivity contribution in [1.29, 1.82) is 0 Å². The van der Waals surface area contributed by atoms with Crippen LogP contribution in [0.1, 0.15) is 19.8 Å². The van der Waals surface area contributed by atoms with Crippen LogP contribution in [0.4, 0.5) is 0 Å². The van der Waals surface area contributed by atoms with Crippen LogP contribution in [0.2, 0.25) is 0 Å². The Hall–Kier alpha value is -0.570. The van der Waals surface area contributed by atoms with E-state index in [2.05, 4.69) is 17.6 Å². The molecule has 0 aromatic carbocycles. The van der Waals surface area contributed by atoms with Crippen LogP contribution in [-0.2, 0) is 4.79 Å². The van der Waals surface area contributed by atoms with Gasteiger partial charge < -0.3 is 10.6 Å². The van der Waals surface area contributed by atoms with Crippen molar-refractivity contribution in [1.82, 2.24) is 10.6 Å². The Labute approximate surface area is 62.2 Å². The smallest absolute Gasteiger partial charge is 0.207 e. The van der Waals surface area contributed by atoms with Gasteiger partial charge >= 0.3 is 0 Å². The molecule has 10 heavy (non-hydrogen) atoms. The van der Waals surface area contributed by atoms with Gasteiger partial charge in [-0.15, -0.1) is 0 Å². The quantitative estimate of drug-likeness (QED) is 0.520. The second-order valence-corrected chi connectivity index (χ2v) is 2.28.